The van der Waals surface area contributed by atoms with E-state index in [-0.39, 0.29) is 5.60 Å². The van der Waals surface area contributed by atoms with Crippen molar-refractivity contribution in [3.8, 4) is 5.75 Å². The second-order valence-electron chi connectivity index (χ2n) is 7.51. The maximum Gasteiger partial charge on any atom is 0.137 e. The summed E-state index contributed by atoms with van der Waals surface area (Å²) in [6, 6.07) is 18.8. The number of aromatic nitrogens is 2. The highest BCUT2D eigenvalue weighted by molar-refractivity contribution is 5.83. The topological polar surface area (TPSA) is 45.0 Å². The number of nitrogens with zero attached hydrogens (tertiary/aromatic N) is 2. The third kappa shape index (κ3) is 3.37. The molecule has 1 aliphatic heterocycles. The Bertz CT molecular complexity index is 1150. The average molecular weight is 388 g/mol. The predicted octanol–water partition coefficient (Wildman–Crippen LogP) is 4.72. The summed E-state index contributed by atoms with van der Waals surface area (Å²) in [4.78, 5) is 4.34. The van der Waals surface area contributed by atoms with Crippen molar-refractivity contribution in [3.63, 3.8) is 0 Å². The van der Waals surface area contributed by atoms with Gasteiger partial charge in [-0.3, -0.25) is 4.40 Å². The van der Waals surface area contributed by atoms with Crippen LogP contribution in [0.25, 0.3) is 16.6 Å². The molecule has 0 bridgehead atoms. The van der Waals surface area contributed by atoms with Crippen LogP contribution in [0, 0.1) is 0 Å². The summed E-state index contributed by atoms with van der Waals surface area (Å²) >= 11 is 0. The van der Waals surface area contributed by atoms with Crippen molar-refractivity contribution in [3.05, 3.63) is 78.1 Å². The Balaban J connectivity index is 1.36. The lowest BCUT2D eigenvalue weighted by Crippen LogP contribution is -2.35. The summed E-state index contributed by atoms with van der Waals surface area (Å²) < 4.78 is 19.7. The van der Waals surface area contributed by atoms with Gasteiger partial charge in [0.25, 0.3) is 0 Å². The molecule has 5 rings (SSSR count). The quantitative estimate of drug-likeness (QED) is 0.496. The van der Waals surface area contributed by atoms with Gasteiger partial charge in [0, 0.05) is 50.9 Å². The maximum absolute atomic E-state index is 6.11. The van der Waals surface area contributed by atoms with Crippen LogP contribution in [0.15, 0.2) is 67.0 Å². The molecule has 4 aromatic rings. The van der Waals surface area contributed by atoms with Gasteiger partial charge in [-0.15, -0.1) is 0 Å². The molecule has 0 spiro atoms. The van der Waals surface area contributed by atoms with Gasteiger partial charge in [-0.05, 0) is 47.5 Å². The molecule has 0 radical (unpaired) electrons. The predicted molar refractivity (Wildman–Crippen MR) is 112 cm³/mol. The number of pyridine rings is 1. The second kappa shape index (κ2) is 7.50. The fraction of sp³-hybridized carbons (Fsp3) is 0.292. The van der Waals surface area contributed by atoms with Crippen LogP contribution in [0.1, 0.15) is 24.0 Å². The minimum Gasteiger partial charge on any atom is -0.489 e. The fourth-order valence-electron chi connectivity index (χ4n) is 4.20. The van der Waals surface area contributed by atoms with Crippen LogP contribution in [-0.4, -0.2) is 29.7 Å². The highest BCUT2D eigenvalue weighted by atomic mass is 16.5. The van der Waals surface area contributed by atoms with Crippen LogP contribution in [0.5, 0.6) is 5.75 Å². The number of fused-ring (bicyclic) bond motifs is 3. The monoisotopic (exact) mass is 388 g/mol. The summed E-state index contributed by atoms with van der Waals surface area (Å²) in [5.41, 5.74) is 4.15. The number of benzene rings is 2. The molecule has 2 aromatic carbocycles. The highest BCUT2D eigenvalue weighted by Crippen LogP contribution is 2.36. The van der Waals surface area contributed by atoms with Crippen molar-refractivity contribution in [2.75, 3.05) is 20.3 Å². The minimum atomic E-state index is -0.257. The number of methoxy groups -OCH3 is 1. The summed E-state index contributed by atoms with van der Waals surface area (Å²) in [6.45, 7) is 1.98. The molecule has 0 unspecified atom stereocenters. The molecule has 0 aliphatic carbocycles. The fourth-order valence-corrected chi connectivity index (χ4v) is 4.20. The Labute approximate surface area is 169 Å². The average Bonchev–Trinajstić information content (AvgIpc) is 3.27. The molecular formula is C24H24N2O3. The molecule has 0 saturated carbocycles. The first-order chi connectivity index (χ1) is 14.3. The van der Waals surface area contributed by atoms with E-state index in [9.17, 15) is 0 Å². The van der Waals surface area contributed by atoms with Gasteiger partial charge in [-0.1, -0.05) is 18.2 Å². The van der Waals surface area contributed by atoms with Crippen LogP contribution in [0.2, 0.25) is 0 Å². The molecule has 1 fully saturated rings. The standard InChI is InChI=1S/C24H24N2O3/c1-27-24(9-13-28-14-10-24)20-4-2-3-18(15-20)17-29-21-6-7-22-19(16-21)5-8-23-25-11-12-26(22)23/h2-8,11-12,15-16H,9-10,13-14,17H2,1H3. The Kier molecular flexibility index (Phi) is 4.70. The van der Waals surface area contributed by atoms with E-state index in [1.54, 1.807) is 7.11 Å². The van der Waals surface area contributed by atoms with Crippen molar-refractivity contribution in [1.29, 1.82) is 0 Å². The SMILES string of the molecule is COC1(c2cccc(COc3ccc4c(ccc5nccn54)c3)c2)CCOCC1. The van der Waals surface area contributed by atoms with Gasteiger partial charge < -0.3 is 14.2 Å². The molecule has 2 aromatic heterocycles. The third-order valence-electron chi connectivity index (χ3n) is 5.89. The van der Waals surface area contributed by atoms with Crippen molar-refractivity contribution >= 4 is 16.6 Å². The number of imidazole rings is 1. The van der Waals surface area contributed by atoms with Crippen molar-refractivity contribution in [2.24, 2.45) is 0 Å². The number of rotatable bonds is 5. The summed E-state index contributed by atoms with van der Waals surface area (Å²) in [5, 5.41) is 1.13. The van der Waals surface area contributed by atoms with Crippen LogP contribution >= 0.6 is 0 Å². The maximum atomic E-state index is 6.11. The zero-order valence-electron chi connectivity index (χ0n) is 16.5. The van der Waals surface area contributed by atoms with E-state index in [1.165, 1.54) is 5.56 Å². The van der Waals surface area contributed by atoms with E-state index in [1.807, 2.05) is 24.5 Å². The van der Waals surface area contributed by atoms with Crippen LogP contribution in [0.4, 0.5) is 0 Å². The molecule has 5 heteroatoms. The van der Waals surface area contributed by atoms with Gasteiger partial charge in [-0.25, -0.2) is 4.98 Å². The smallest absolute Gasteiger partial charge is 0.137 e. The Morgan fingerprint density at radius 3 is 2.83 bits per heavy atom. The van der Waals surface area contributed by atoms with Gasteiger partial charge in [-0.2, -0.15) is 0 Å². The first-order valence-corrected chi connectivity index (χ1v) is 9.98. The Hall–Kier alpha value is -2.89. The summed E-state index contributed by atoms with van der Waals surface area (Å²) in [7, 11) is 1.79. The van der Waals surface area contributed by atoms with Gasteiger partial charge >= 0.3 is 0 Å². The Morgan fingerprint density at radius 2 is 1.97 bits per heavy atom. The van der Waals surface area contributed by atoms with E-state index in [2.05, 4.69) is 51.8 Å². The molecule has 1 aliphatic rings. The zero-order valence-corrected chi connectivity index (χ0v) is 16.5. The first kappa shape index (κ1) is 18.2. The van der Waals surface area contributed by atoms with E-state index < -0.39 is 0 Å². The first-order valence-electron chi connectivity index (χ1n) is 9.98. The molecule has 0 amide bonds. The minimum absolute atomic E-state index is 0.257. The van der Waals surface area contributed by atoms with Gasteiger partial charge in [0.1, 0.15) is 18.0 Å². The number of ether oxygens (including phenoxy) is 3. The largest absolute Gasteiger partial charge is 0.489 e. The third-order valence-corrected chi connectivity index (χ3v) is 5.89. The molecular weight excluding hydrogens is 364 g/mol. The van der Waals surface area contributed by atoms with E-state index >= 15 is 0 Å². The molecule has 5 nitrogen and oxygen atoms in total. The lowest BCUT2D eigenvalue weighted by atomic mass is 9.85. The number of hydrogen-bond donors (Lipinski definition) is 0. The molecule has 0 atom stereocenters. The molecule has 1 saturated heterocycles. The van der Waals surface area contributed by atoms with Crippen LogP contribution < -0.4 is 4.74 Å². The molecule has 0 N–H and O–H groups in total. The van der Waals surface area contributed by atoms with Crippen molar-refractivity contribution in [2.45, 2.75) is 25.0 Å². The molecule has 29 heavy (non-hydrogen) atoms. The van der Waals surface area contributed by atoms with E-state index in [4.69, 9.17) is 14.2 Å². The van der Waals surface area contributed by atoms with Gasteiger partial charge in [0.2, 0.25) is 0 Å². The second-order valence-corrected chi connectivity index (χ2v) is 7.51. The molecule has 3 heterocycles. The van der Waals surface area contributed by atoms with E-state index in [0.29, 0.717) is 6.61 Å². The lowest BCUT2D eigenvalue weighted by molar-refractivity contribution is -0.0948. The summed E-state index contributed by atoms with van der Waals surface area (Å²) in [6.07, 6.45) is 5.55. The zero-order chi connectivity index (χ0) is 19.7. The van der Waals surface area contributed by atoms with Crippen molar-refractivity contribution in [1.82, 2.24) is 9.38 Å². The van der Waals surface area contributed by atoms with E-state index in [0.717, 1.165) is 53.9 Å². The summed E-state index contributed by atoms with van der Waals surface area (Å²) in [5.74, 6) is 0.856. The van der Waals surface area contributed by atoms with Crippen LogP contribution in [-0.2, 0) is 21.7 Å². The van der Waals surface area contributed by atoms with Crippen LogP contribution in [0.3, 0.4) is 0 Å². The van der Waals surface area contributed by atoms with Gasteiger partial charge in [0.15, 0.2) is 0 Å². The lowest BCUT2D eigenvalue weighted by Gasteiger charge is -2.36. The highest BCUT2D eigenvalue weighted by Gasteiger charge is 2.34. The Morgan fingerprint density at radius 1 is 1.07 bits per heavy atom. The van der Waals surface area contributed by atoms with Crippen molar-refractivity contribution < 1.29 is 14.2 Å². The van der Waals surface area contributed by atoms with Gasteiger partial charge in [0.05, 0.1) is 11.1 Å². The number of hydrogen-bond acceptors (Lipinski definition) is 4. The normalized spacial score (nSPS) is 16.3. The molecule has 148 valence electrons.